The van der Waals surface area contributed by atoms with Crippen molar-refractivity contribution in [3.05, 3.63) is 24.4 Å². The highest BCUT2D eigenvalue weighted by molar-refractivity contribution is 5.85. The molecular formula is C13H20N4O3. The van der Waals surface area contributed by atoms with Gasteiger partial charge in [-0.15, -0.1) is 0 Å². The molecule has 1 unspecified atom stereocenters. The summed E-state index contributed by atoms with van der Waals surface area (Å²) < 4.78 is 5.06. The Hall–Kier alpha value is -2.31. The van der Waals surface area contributed by atoms with Gasteiger partial charge in [-0.1, -0.05) is 6.07 Å². The van der Waals surface area contributed by atoms with Crippen LogP contribution in [0, 0.1) is 0 Å². The number of hydrazine groups is 1. The minimum atomic E-state index is -0.735. The Kier molecular flexibility index (Phi) is 5.31. The van der Waals surface area contributed by atoms with E-state index in [4.69, 9.17) is 4.74 Å². The van der Waals surface area contributed by atoms with Crippen molar-refractivity contribution in [3.8, 4) is 0 Å². The molecule has 7 nitrogen and oxygen atoms in total. The zero-order chi connectivity index (χ0) is 15.2. The number of carbonyl (C=O) groups excluding carboxylic acids is 2. The van der Waals surface area contributed by atoms with E-state index in [2.05, 4.69) is 21.2 Å². The zero-order valence-electron chi connectivity index (χ0n) is 12.1. The lowest BCUT2D eigenvalue weighted by molar-refractivity contribution is -0.122. The van der Waals surface area contributed by atoms with Crippen molar-refractivity contribution in [2.24, 2.45) is 0 Å². The summed E-state index contributed by atoms with van der Waals surface area (Å²) in [7, 11) is 0. The molecule has 1 aromatic rings. The molecule has 0 saturated heterocycles. The van der Waals surface area contributed by atoms with Crippen LogP contribution in [0.5, 0.6) is 0 Å². The molecule has 3 N–H and O–H groups in total. The number of carbonyl (C=O) groups is 2. The van der Waals surface area contributed by atoms with Crippen molar-refractivity contribution in [2.75, 3.05) is 5.43 Å². The van der Waals surface area contributed by atoms with Gasteiger partial charge in [0.2, 0.25) is 0 Å². The van der Waals surface area contributed by atoms with E-state index in [0.717, 1.165) is 0 Å². The van der Waals surface area contributed by atoms with Gasteiger partial charge in [0.15, 0.2) is 0 Å². The molecule has 0 aliphatic carbocycles. The predicted molar refractivity (Wildman–Crippen MR) is 74.8 cm³/mol. The number of nitrogens with one attached hydrogen (secondary N) is 3. The summed E-state index contributed by atoms with van der Waals surface area (Å²) in [5, 5.41) is 2.44. The Balaban J connectivity index is 2.38. The average molecular weight is 280 g/mol. The zero-order valence-corrected chi connectivity index (χ0v) is 12.1. The van der Waals surface area contributed by atoms with Crippen molar-refractivity contribution in [3.63, 3.8) is 0 Å². The number of hydrogen-bond acceptors (Lipinski definition) is 5. The quantitative estimate of drug-likeness (QED) is 0.726. The number of amides is 2. The lowest BCUT2D eigenvalue weighted by atomic mass is 10.2. The van der Waals surface area contributed by atoms with Gasteiger partial charge in [-0.3, -0.25) is 15.6 Å². The molecular weight excluding hydrogens is 260 g/mol. The lowest BCUT2D eigenvalue weighted by Gasteiger charge is -2.21. The minimum absolute atomic E-state index is 0.401. The predicted octanol–water partition coefficient (Wildman–Crippen LogP) is 1.44. The Morgan fingerprint density at radius 1 is 1.30 bits per heavy atom. The van der Waals surface area contributed by atoms with E-state index in [9.17, 15) is 9.59 Å². The molecule has 0 spiro atoms. The number of rotatable bonds is 4. The van der Waals surface area contributed by atoms with Crippen LogP contribution in [0.15, 0.2) is 24.4 Å². The first-order valence-electron chi connectivity index (χ1n) is 6.24. The fourth-order valence-corrected chi connectivity index (χ4v) is 1.22. The second-order valence-corrected chi connectivity index (χ2v) is 5.20. The van der Waals surface area contributed by atoms with Gasteiger partial charge >= 0.3 is 6.09 Å². The molecule has 0 saturated carbocycles. The van der Waals surface area contributed by atoms with E-state index in [-0.39, 0.29) is 0 Å². The molecule has 1 atom stereocenters. The summed E-state index contributed by atoms with van der Waals surface area (Å²) in [6, 6.07) is 4.51. The number of aromatic nitrogens is 1. The first-order valence-corrected chi connectivity index (χ1v) is 6.24. The smallest absolute Gasteiger partial charge is 0.408 e. The Morgan fingerprint density at radius 3 is 2.55 bits per heavy atom. The average Bonchev–Trinajstić information content (AvgIpc) is 2.34. The summed E-state index contributed by atoms with van der Waals surface area (Å²) >= 11 is 0. The van der Waals surface area contributed by atoms with Gasteiger partial charge < -0.3 is 10.1 Å². The highest BCUT2D eigenvalue weighted by atomic mass is 16.6. The molecule has 0 fully saturated rings. The van der Waals surface area contributed by atoms with Gasteiger partial charge in [-0.2, -0.15) is 0 Å². The molecule has 0 radical (unpaired) electrons. The van der Waals surface area contributed by atoms with Gasteiger partial charge in [-0.25, -0.2) is 9.78 Å². The van der Waals surface area contributed by atoms with Gasteiger partial charge in [0, 0.05) is 6.20 Å². The van der Waals surface area contributed by atoms with Gasteiger partial charge in [-0.05, 0) is 39.8 Å². The normalized spacial score (nSPS) is 12.2. The fourth-order valence-electron chi connectivity index (χ4n) is 1.22. The third kappa shape index (κ3) is 6.03. The summed E-state index contributed by atoms with van der Waals surface area (Å²) in [6.45, 7) is 6.80. The van der Waals surface area contributed by atoms with Crippen molar-refractivity contribution in [1.29, 1.82) is 0 Å². The van der Waals surface area contributed by atoms with Gasteiger partial charge in [0.25, 0.3) is 5.91 Å². The van der Waals surface area contributed by atoms with Crippen LogP contribution in [0.25, 0.3) is 0 Å². The van der Waals surface area contributed by atoms with E-state index >= 15 is 0 Å². The van der Waals surface area contributed by atoms with Crippen LogP contribution in [0.2, 0.25) is 0 Å². The molecule has 7 heteroatoms. The van der Waals surface area contributed by atoms with E-state index in [1.807, 2.05) is 0 Å². The highest BCUT2D eigenvalue weighted by Crippen LogP contribution is 2.06. The lowest BCUT2D eigenvalue weighted by Crippen LogP contribution is -2.47. The van der Waals surface area contributed by atoms with E-state index in [1.165, 1.54) is 0 Å². The number of nitrogens with zero attached hydrogens (tertiary/aromatic N) is 1. The summed E-state index contributed by atoms with van der Waals surface area (Å²) in [5.74, 6) is 0.104. The maximum absolute atomic E-state index is 11.7. The van der Waals surface area contributed by atoms with Gasteiger partial charge in [0.05, 0.1) is 0 Å². The maximum atomic E-state index is 11.7. The van der Waals surface area contributed by atoms with Crippen LogP contribution >= 0.6 is 0 Å². The van der Waals surface area contributed by atoms with Gasteiger partial charge in [0.1, 0.15) is 17.5 Å². The molecule has 1 heterocycles. The van der Waals surface area contributed by atoms with Crippen LogP contribution in [0.3, 0.4) is 0 Å². The number of alkyl carbamates (subject to hydrolysis) is 1. The van der Waals surface area contributed by atoms with Crippen LogP contribution in [0.1, 0.15) is 27.7 Å². The molecule has 0 bridgehead atoms. The largest absolute Gasteiger partial charge is 0.444 e. The van der Waals surface area contributed by atoms with Crippen LogP contribution < -0.4 is 16.2 Å². The van der Waals surface area contributed by atoms with Crippen LogP contribution in [-0.4, -0.2) is 28.6 Å². The first kappa shape index (κ1) is 15.7. The van der Waals surface area contributed by atoms with E-state index in [0.29, 0.717) is 5.82 Å². The summed E-state index contributed by atoms with van der Waals surface area (Å²) in [4.78, 5) is 27.2. The molecule has 0 aliphatic rings. The third-order valence-corrected chi connectivity index (χ3v) is 2.11. The number of pyridine rings is 1. The molecule has 1 aromatic heterocycles. The number of ether oxygens (including phenoxy) is 1. The molecule has 0 aliphatic heterocycles. The molecule has 1 rings (SSSR count). The summed E-state index contributed by atoms with van der Waals surface area (Å²) in [5.41, 5.74) is 4.48. The SMILES string of the molecule is CC(NC(=O)OC(C)(C)C)C(=O)NNc1ccccn1. The molecule has 0 aromatic carbocycles. The number of hydrogen-bond donors (Lipinski definition) is 3. The third-order valence-electron chi connectivity index (χ3n) is 2.11. The van der Waals surface area contributed by atoms with Crippen molar-refractivity contribution >= 4 is 17.8 Å². The monoisotopic (exact) mass is 280 g/mol. The Bertz CT molecular complexity index is 456. The van der Waals surface area contributed by atoms with E-state index in [1.54, 1.807) is 52.1 Å². The molecule has 110 valence electrons. The van der Waals surface area contributed by atoms with Crippen LogP contribution in [0.4, 0.5) is 10.6 Å². The Labute approximate surface area is 118 Å². The van der Waals surface area contributed by atoms with Crippen molar-refractivity contribution in [1.82, 2.24) is 15.7 Å². The van der Waals surface area contributed by atoms with Crippen molar-refractivity contribution < 1.29 is 14.3 Å². The summed E-state index contributed by atoms with van der Waals surface area (Å²) in [6.07, 6.45) is 0.953. The van der Waals surface area contributed by atoms with Crippen molar-refractivity contribution in [2.45, 2.75) is 39.3 Å². The first-order chi connectivity index (χ1) is 9.28. The van der Waals surface area contributed by atoms with E-state index < -0.39 is 23.6 Å². The fraction of sp³-hybridized carbons (Fsp3) is 0.462. The van der Waals surface area contributed by atoms with Crippen LogP contribution in [-0.2, 0) is 9.53 Å². The standard InChI is InChI=1S/C13H20N4O3/c1-9(15-12(19)20-13(2,3)4)11(18)17-16-10-7-5-6-8-14-10/h5-9H,1-4H3,(H,14,16)(H,15,19)(H,17,18). The number of anilines is 1. The second-order valence-electron chi connectivity index (χ2n) is 5.20. The topological polar surface area (TPSA) is 92.3 Å². The molecule has 20 heavy (non-hydrogen) atoms. The molecule has 2 amide bonds. The highest BCUT2D eigenvalue weighted by Gasteiger charge is 2.20. The minimum Gasteiger partial charge on any atom is -0.444 e. The Morgan fingerprint density at radius 2 is 2.00 bits per heavy atom. The maximum Gasteiger partial charge on any atom is 0.408 e. The second kappa shape index (κ2) is 6.74.